The van der Waals surface area contributed by atoms with Gasteiger partial charge in [0.05, 0.1) is 10.6 Å². The first-order chi connectivity index (χ1) is 13.9. The Morgan fingerprint density at radius 3 is 2.48 bits per heavy atom. The minimum atomic E-state index is -3.52. The molecule has 1 saturated heterocycles. The van der Waals surface area contributed by atoms with Gasteiger partial charge in [-0.25, -0.2) is 12.8 Å². The number of anilines is 2. The summed E-state index contributed by atoms with van der Waals surface area (Å²) in [5, 5.41) is 11.3. The van der Waals surface area contributed by atoms with Gasteiger partial charge in [0.2, 0.25) is 10.0 Å². The third-order valence-corrected chi connectivity index (χ3v) is 6.97. The van der Waals surface area contributed by atoms with Crippen LogP contribution < -0.4 is 5.32 Å². The molecule has 1 aliphatic rings. The van der Waals surface area contributed by atoms with Crippen LogP contribution in [0.4, 0.5) is 15.9 Å². The Balaban J connectivity index is 1.60. The minimum absolute atomic E-state index is 0.306. The number of hydrogen-bond donors (Lipinski definition) is 1. The van der Waals surface area contributed by atoms with E-state index in [-0.39, 0.29) is 5.82 Å². The number of nitrogens with zero attached hydrogens (tertiary/aromatic N) is 3. The van der Waals surface area contributed by atoms with Crippen molar-refractivity contribution >= 4 is 21.5 Å². The zero-order valence-electron chi connectivity index (χ0n) is 16.0. The molecule has 0 saturated carbocycles. The second-order valence-corrected chi connectivity index (χ2v) is 8.94. The van der Waals surface area contributed by atoms with Crippen molar-refractivity contribution in [2.45, 2.75) is 24.7 Å². The molecule has 0 amide bonds. The van der Waals surface area contributed by atoms with Crippen LogP contribution in [0.2, 0.25) is 0 Å². The molecule has 4 rings (SSSR count). The summed E-state index contributed by atoms with van der Waals surface area (Å²) in [6.45, 7) is 2.92. The monoisotopic (exact) mass is 412 g/mol. The van der Waals surface area contributed by atoms with Crippen LogP contribution >= 0.6 is 0 Å². The van der Waals surface area contributed by atoms with Gasteiger partial charge in [0.25, 0.3) is 0 Å². The zero-order valence-corrected chi connectivity index (χ0v) is 16.8. The largest absolute Gasteiger partial charge is 0.339 e. The highest BCUT2D eigenvalue weighted by Crippen LogP contribution is 2.28. The van der Waals surface area contributed by atoms with Gasteiger partial charge in [-0.15, -0.1) is 10.2 Å². The van der Waals surface area contributed by atoms with Crippen LogP contribution in [0.1, 0.15) is 18.4 Å². The Labute approximate surface area is 169 Å². The number of halogens is 1. The fourth-order valence-corrected chi connectivity index (χ4v) is 5.14. The van der Waals surface area contributed by atoms with Gasteiger partial charge in [0, 0.05) is 24.3 Å². The second-order valence-electron chi connectivity index (χ2n) is 7.03. The molecule has 1 fully saturated rings. The standard InChI is InChI=1S/C21H21FN4O2S/c1-15-7-8-16(13-20(15)29(27,28)26-11-2-3-12-26)19-9-10-21(25-24-19)23-18-6-4-5-17(22)14-18/h4-10,13-14H,2-3,11-12H2,1H3,(H,23,25). The van der Waals surface area contributed by atoms with Crippen molar-refractivity contribution in [2.24, 2.45) is 0 Å². The molecule has 0 aliphatic carbocycles. The fraction of sp³-hybridized carbons (Fsp3) is 0.238. The molecule has 6 nitrogen and oxygen atoms in total. The highest BCUT2D eigenvalue weighted by atomic mass is 32.2. The first-order valence-corrected chi connectivity index (χ1v) is 10.8. The first kappa shape index (κ1) is 19.5. The predicted octanol–water partition coefficient (Wildman–Crippen LogP) is 4.12. The maximum absolute atomic E-state index is 13.3. The highest BCUT2D eigenvalue weighted by molar-refractivity contribution is 7.89. The maximum atomic E-state index is 13.3. The Kier molecular flexibility index (Phi) is 5.29. The Morgan fingerprint density at radius 2 is 1.79 bits per heavy atom. The molecule has 0 radical (unpaired) electrons. The van der Waals surface area contributed by atoms with Gasteiger partial charge in [-0.1, -0.05) is 18.2 Å². The van der Waals surface area contributed by atoms with E-state index in [0.717, 1.165) is 12.8 Å². The third-order valence-electron chi connectivity index (χ3n) is 4.93. The zero-order chi connectivity index (χ0) is 20.4. The predicted molar refractivity (Wildman–Crippen MR) is 110 cm³/mol. The average molecular weight is 412 g/mol. The quantitative estimate of drug-likeness (QED) is 0.682. The van der Waals surface area contributed by atoms with Gasteiger partial charge >= 0.3 is 0 Å². The van der Waals surface area contributed by atoms with E-state index in [1.165, 1.54) is 16.4 Å². The molecule has 0 bridgehead atoms. The summed E-state index contributed by atoms with van der Waals surface area (Å²) in [5.41, 5.74) is 2.52. The molecular weight excluding hydrogens is 391 g/mol. The molecular formula is C21H21FN4O2S. The summed E-state index contributed by atoms with van der Waals surface area (Å²) in [5.74, 6) is 0.127. The number of aryl methyl sites for hydroxylation is 1. The summed E-state index contributed by atoms with van der Waals surface area (Å²) in [7, 11) is -3.52. The Hall–Kier alpha value is -2.84. The molecule has 1 N–H and O–H groups in total. The average Bonchev–Trinajstić information content (AvgIpc) is 3.25. The number of rotatable bonds is 5. The van der Waals surface area contributed by atoms with E-state index < -0.39 is 10.0 Å². The molecule has 3 aromatic rings. The maximum Gasteiger partial charge on any atom is 0.243 e. The van der Waals surface area contributed by atoms with Crippen molar-refractivity contribution < 1.29 is 12.8 Å². The van der Waals surface area contributed by atoms with E-state index in [4.69, 9.17) is 0 Å². The van der Waals surface area contributed by atoms with E-state index in [1.807, 2.05) is 6.07 Å². The lowest BCUT2D eigenvalue weighted by atomic mass is 10.1. The summed E-state index contributed by atoms with van der Waals surface area (Å²) >= 11 is 0. The summed E-state index contributed by atoms with van der Waals surface area (Å²) in [4.78, 5) is 0.306. The molecule has 1 aromatic heterocycles. The number of aromatic nitrogens is 2. The van der Waals surface area contributed by atoms with Crippen molar-refractivity contribution in [3.63, 3.8) is 0 Å². The lowest BCUT2D eigenvalue weighted by molar-refractivity contribution is 0.477. The van der Waals surface area contributed by atoms with E-state index >= 15 is 0 Å². The van der Waals surface area contributed by atoms with Crippen LogP contribution in [0.15, 0.2) is 59.5 Å². The smallest absolute Gasteiger partial charge is 0.243 e. The number of hydrogen-bond acceptors (Lipinski definition) is 5. The van der Waals surface area contributed by atoms with Gasteiger partial charge in [-0.05, 0) is 61.7 Å². The van der Waals surface area contributed by atoms with Gasteiger partial charge < -0.3 is 5.32 Å². The van der Waals surface area contributed by atoms with Crippen LogP contribution in [0, 0.1) is 12.7 Å². The normalized spacial score (nSPS) is 14.8. The molecule has 0 atom stereocenters. The number of nitrogens with one attached hydrogen (secondary N) is 1. The van der Waals surface area contributed by atoms with Crippen molar-refractivity contribution in [3.05, 3.63) is 66.0 Å². The molecule has 2 heterocycles. The topological polar surface area (TPSA) is 75.2 Å². The van der Waals surface area contributed by atoms with Crippen LogP contribution in [-0.4, -0.2) is 36.0 Å². The Bertz CT molecular complexity index is 1130. The molecule has 0 unspecified atom stereocenters. The lowest BCUT2D eigenvalue weighted by Gasteiger charge is -2.17. The van der Waals surface area contributed by atoms with Gasteiger partial charge in [0.15, 0.2) is 5.82 Å². The molecule has 8 heteroatoms. The van der Waals surface area contributed by atoms with E-state index in [1.54, 1.807) is 43.3 Å². The van der Waals surface area contributed by atoms with Gasteiger partial charge in [-0.3, -0.25) is 0 Å². The van der Waals surface area contributed by atoms with E-state index in [2.05, 4.69) is 15.5 Å². The van der Waals surface area contributed by atoms with Crippen LogP contribution in [-0.2, 0) is 10.0 Å². The minimum Gasteiger partial charge on any atom is -0.339 e. The summed E-state index contributed by atoms with van der Waals surface area (Å²) in [6.07, 6.45) is 1.78. The summed E-state index contributed by atoms with van der Waals surface area (Å²) in [6, 6.07) is 14.8. The molecule has 150 valence electrons. The van der Waals surface area contributed by atoms with Crippen molar-refractivity contribution in [3.8, 4) is 11.3 Å². The molecule has 1 aliphatic heterocycles. The Morgan fingerprint density at radius 1 is 1.00 bits per heavy atom. The summed E-state index contributed by atoms with van der Waals surface area (Å²) < 4.78 is 40.8. The molecule has 29 heavy (non-hydrogen) atoms. The molecule has 0 spiro atoms. The van der Waals surface area contributed by atoms with Gasteiger partial charge in [0.1, 0.15) is 5.82 Å². The highest BCUT2D eigenvalue weighted by Gasteiger charge is 2.28. The number of sulfonamides is 1. The lowest BCUT2D eigenvalue weighted by Crippen LogP contribution is -2.28. The van der Waals surface area contributed by atoms with Gasteiger partial charge in [-0.2, -0.15) is 4.31 Å². The second kappa shape index (κ2) is 7.88. The van der Waals surface area contributed by atoms with Crippen LogP contribution in [0.5, 0.6) is 0 Å². The van der Waals surface area contributed by atoms with Crippen LogP contribution in [0.25, 0.3) is 11.3 Å². The SMILES string of the molecule is Cc1ccc(-c2ccc(Nc3cccc(F)c3)nn2)cc1S(=O)(=O)N1CCCC1. The first-order valence-electron chi connectivity index (χ1n) is 9.41. The fourth-order valence-electron chi connectivity index (χ4n) is 3.37. The third kappa shape index (κ3) is 4.13. The van der Waals surface area contributed by atoms with E-state index in [0.29, 0.717) is 46.3 Å². The van der Waals surface area contributed by atoms with Crippen LogP contribution in [0.3, 0.4) is 0 Å². The molecule has 2 aromatic carbocycles. The van der Waals surface area contributed by atoms with Crippen molar-refractivity contribution in [1.29, 1.82) is 0 Å². The van der Waals surface area contributed by atoms with E-state index in [9.17, 15) is 12.8 Å². The van der Waals surface area contributed by atoms with Crippen molar-refractivity contribution in [2.75, 3.05) is 18.4 Å². The van der Waals surface area contributed by atoms with Crippen molar-refractivity contribution in [1.82, 2.24) is 14.5 Å². The number of benzene rings is 2.